The molecule has 2 aliphatic heterocycles. The van der Waals surface area contributed by atoms with E-state index >= 15 is 0 Å². The zero-order valence-corrected chi connectivity index (χ0v) is 14.1. The predicted molar refractivity (Wildman–Crippen MR) is 92.9 cm³/mol. The van der Waals surface area contributed by atoms with Gasteiger partial charge in [0.05, 0.1) is 11.9 Å². The van der Waals surface area contributed by atoms with Gasteiger partial charge in [-0.05, 0) is 31.2 Å². The van der Waals surface area contributed by atoms with E-state index in [1.165, 1.54) is 5.69 Å². The number of ether oxygens (including phenoxy) is 1. The van der Waals surface area contributed by atoms with Gasteiger partial charge in [0, 0.05) is 57.1 Å². The largest absolute Gasteiger partial charge is 0.487 e. The Morgan fingerprint density at radius 2 is 2.12 bits per heavy atom. The van der Waals surface area contributed by atoms with Crippen LogP contribution in [0.4, 0.5) is 0 Å². The second-order valence-electron chi connectivity index (χ2n) is 6.82. The Morgan fingerprint density at radius 3 is 2.96 bits per heavy atom. The molecule has 0 aliphatic carbocycles. The normalized spacial score (nSPS) is 24.7. The molecule has 0 spiro atoms. The molecule has 0 N–H and O–H groups in total. The SMILES string of the molecule is Cc1cccc(CN2CCN3C[C@H](Oc4cccnc4)C[C@H]3C2)n1. The fourth-order valence-corrected chi connectivity index (χ4v) is 3.82. The van der Waals surface area contributed by atoms with Crippen LogP contribution in [-0.4, -0.2) is 58.1 Å². The molecule has 0 saturated carbocycles. The zero-order chi connectivity index (χ0) is 16.4. The Balaban J connectivity index is 1.34. The second-order valence-corrected chi connectivity index (χ2v) is 6.82. The summed E-state index contributed by atoms with van der Waals surface area (Å²) in [6, 6.07) is 10.8. The van der Waals surface area contributed by atoms with Gasteiger partial charge in [-0.3, -0.25) is 19.8 Å². The molecule has 0 radical (unpaired) electrons. The van der Waals surface area contributed by atoms with Crippen LogP contribution in [0.5, 0.6) is 5.75 Å². The van der Waals surface area contributed by atoms with Crippen LogP contribution in [0, 0.1) is 6.92 Å². The molecule has 4 rings (SSSR count). The molecule has 0 aromatic carbocycles. The molecular weight excluding hydrogens is 300 g/mol. The van der Waals surface area contributed by atoms with Gasteiger partial charge in [0.25, 0.3) is 0 Å². The molecule has 2 saturated heterocycles. The lowest BCUT2D eigenvalue weighted by molar-refractivity contribution is 0.0969. The number of aromatic nitrogens is 2. The molecule has 4 heterocycles. The Kier molecular flexibility index (Phi) is 4.45. The molecular formula is C19H24N4O. The Morgan fingerprint density at radius 1 is 1.17 bits per heavy atom. The van der Waals surface area contributed by atoms with Crippen molar-refractivity contribution in [2.75, 3.05) is 26.2 Å². The molecule has 5 heteroatoms. The minimum atomic E-state index is 0.274. The molecule has 2 aromatic rings. The monoisotopic (exact) mass is 324 g/mol. The summed E-state index contributed by atoms with van der Waals surface area (Å²) in [7, 11) is 0. The molecule has 0 bridgehead atoms. The molecule has 126 valence electrons. The lowest BCUT2D eigenvalue weighted by Gasteiger charge is -2.36. The number of aryl methyl sites for hydroxylation is 1. The first kappa shape index (κ1) is 15.5. The van der Waals surface area contributed by atoms with Gasteiger partial charge in [0.2, 0.25) is 0 Å². The number of fused-ring (bicyclic) bond motifs is 1. The standard InChI is InChI=1S/C19H24N4O/c1-15-4-2-5-16(21-15)12-22-8-9-23-14-19(10-17(23)13-22)24-18-6-3-7-20-11-18/h2-7,11,17,19H,8-10,12-14H2,1H3/t17-,19+/m0/s1. The van der Waals surface area contributed by atoms with E-state index in [0.717, 1.165) is 50.6 Å². The minimum absolute atomic E-state index is 0.274. The molecule has 0 unspecified atom stereocenters. The Bertz CT molecular complexity index is 678. The molecule has 0 amide bonds. The summed E-state index contributed by atoms with van der Waals surface area (Å²) < 4.78 is 6.10. The van der Waals surface area contributed by atoms with Gasteiger partial charge in [-0.1, -0.05) is 6.07 Å². The van der Waals surface area contributed by atoms with Crippen molar-refractivity contribution < 1.29 is 4.74 Å². The van der Waals surface area contributed by atoms with Gasteiger partial charge >= 0.3 is 0 Å². The fourth-order valence-electron chi connectivity index (χ4n) is 3.82. The van der Waals surface area contributed by atoms with Crippen molar-refractivity contribution in [3.63, 3.8) is 0 Å². The van der Waals surface area contributed by atoms with Crippen LogP contribution in [0.25, 0.3) is 0 Å². The molecule has 2 aliphatic rings. The van der Waals surface area contributed by atoms with Crippen LogP contribution in [0.2, 0.25) is 0 Å². The van der Waals surface area contributed by atoms with Crippen molar-refractivity contribution in [2.24, 2.45) is 0 Å². The van der Waals surface area contributed by atoms with Crippen molar-refractivity contribution in [2.45, 2.75) is 32.0 Å². The van der Waals surface area contributed by atoms with E-state index < -0.39 is 0 Å². The number of hydrogen-bond donors (Lipinski definition) is 0. The van der Waals surface area contributed by atoms with E-state index in [2.05, 4.69) is 44.9 Å². The van der Waals surface area contributed by atoms with E-state index in [9.17, 15) is 0 Å². The van der Waals surface area contributed by atoms with Crippen LogP contribution < -0.4 is 4.74 Å². The third-order valence-corrected chi connectivity index (χ3v) is 4.93. The summed E-state index contributed by atoms with van der Waals surface area (Å²) >= 11 is 0. The maximum absolute atomic E-state index is 6.10. The number of pyridine rings is 2. The lowest BCUT2D eigenvalue weighted by Crippen LogP contribution is -2.49. The highest BCUT2D eigenvalue weighted by Crippen LogP contribution is 2.26. The summed E-state index contributed by atoms with van der Waals surface area (Å²) in [5.41, 5.74) is 2.27. The Hall–Kier alpha value is -1.98. The van der Waals surface area contributed by atoms with Crippen molar-refractivity contribution in [3.8, 4) is 5.75 Å². The topological polar surface area (TPSA) is 41.5 Å². The van der Waals surface area contributed by atoms with E-state index in [0.29, 0.717) is 6.04 Å². The smallest absolute Gasteiger partial charge is 0.138 e. The van der Waals surface area contributed by atoms with Crippen LogP contribution in [0.15, 0.2) is 42.7 Å². The third-order valence-electron chi connectivity index (χ3n) is 4.93. The first-order valence-corrected chi connectivity index (χ1v) is 8.72. The minimum Gasteiger partial charge on any atom is -0.487 e. The predicted octanol–water partition coefficient (Wildman–Crippen LogP) is 2.12. The highest BCUT2D eigenvalue weighted by molar-refractivity contribution is 5.16. The third kappa shape index (κ3) is 3.57. The van der Waals surface area contributed by atoms with Crippen LogP contribution in [-0.2, 0) is 6.54 Å². The van der Waals surface area contributed by atoms with Crippen molar-refractivity contribution in [1.29, 1.82) is 0 Å². The van der Waals surface area contributed by atoms with Crippen molar-refractivity contribution >= 4 is 0 Å². The molecule has 5 nitrogen and oxygen atoms in total. The quantitative estimate of drug-likeness (QED) is 0.862. The molecule has 2 aromatic heterocycles. The Labute approximate surface area is 143 Å². The van der Waals surface area contributed by atoms with Crippen LogP contribution in [0.3, 0.4) is 0 Å². The summed E-state index contributed by atoms with van der Waals surface area (Å²) in [4.78, 5) is 13.9. The lowest BCUT2D eigenvalue weighted by atomic mass is 10.1. The second kappa shape index (κ2) is 6.87. The van der Waals surface area contributed by atoms with Gasteiger partial charge in [-0.15, -0.1) is 0 Å². The number of piperazine rings is 1. The number of rotatable bonds is 4. The van der Waals surface area contributed by atoms with Crippen molar-refractivity contribution in [3.05, 3.63) is 54.1 Å². The van der Waals surface area contributed by atoms with E-state index in [1.807, 2.05) is 12.1 Å². The maximum Gasteiger partial charge on any atom is 0.138 e. The molecule has 2 fully saturated rings. The summed E-state index contributed by atoms with van der Waals surface area (Å²) in [6.45, 7) is 7.34. The highest BCUT2D eigenvalue weighted by Gasteiger charge is 2.37. The summed E-state index contributed by atoms with van der Waals surface area (Å²) in [6.07, 6.45) is 4.94. The van der Waals surface area contributed by atoms with Gasteiger partial charge < -0.3 is 4.74 Å². The maximum atomic E-state index is 6.10. The summed E-state index contributed by atoms with van der Waals surface area (Å²) in [5, 5.41) is 0. The van der Waals surface area contributed by atoms with Gasteiger partial charge in [-0.25, -0.2) is 0 Å². The van der Waals surface area contributed by atoms with E-state index in [-0.39, 0.29) is 6.10 Å². The van der Waals surface area contributed by atoms with Crippen LogP contribution >= 0.6 is 0 Å². The fraction of sp³-hybridized carbons (Fsp3) is 0.474. The summed E-state index contributed by atoms with van der Waals surface area (Å²) in [5.74, 6) is 0.878. The zero-order valence-electron chi connectivity index (χ0n) is 14.1. The molecule has 2 atom stereocenters. The number of nitrogens with zero attached hydrogens (tertiary/aromatic N) is 4. The average Bonchev–Trinajstić information content (AvgIpc) is 2.97. The van der Waals surface area contributed by atoms with Gasteiger partial charge in [-0.2, -0.15) is 0 Å². The van der Waals surface area contributed by atoms with Crippen LogP contribution in [0.1, 0.15) is 17.8 Å². The van der Waals surface area contributed by atoms with Gasteiger partial charge in [0.1, 0.15) is 11.9 Å². The van der Waals surface area contributed by atoms with Crippen molar-refractivity contribution in [1.82, 2.24) is 19.8 Å². The number of hydrogen-bond acceptors (Lipinski definition) is 5. The molecule has 24 heavy (non-hydrogen) atoms. The average molecular weight is 324 g/mol. The first-order valence-electron chi connectivity index (χ1n) is 8.72. The highest BCUT2D eigenvalue weighted by atomic mass is 16.5. The van der Waals surface area contributed by atoms with Gasteiger partial charge in [0.15, 0.2) is 0 Å². The first-order chi connectivity index (χ1) is 11.8. The van der Waals surface area contributed by atoms with E-state index in [1.54, 1.807) is 12.4 Å². The van der Waals surface area contributed by atoms with E-state index in [4.69, 9.17) is 4.74 Å².